The molecule has 0 aromatic heterocycles. The Labute approximate surface area is 81.7 Å². The van der Waals surface area contributed by atoms with Crippen LogP contribution in [0.3, 0.4) is 0 Å². The Kier molecular flexibility index (Phi) is 4.27. The minimum atomic E-state index is 0.308. The predicted molar refractivity (Wildman–Crippen MR) is 56.6 cm³/mol. The molecule has 1 heterocycles. The molecule has 0 aromatic carbocycles. The van der Waals surface area contributed by atoms with Gasteiger partial charge in [-0.1, -0.05) is 12.8 Å². The lowest BCUT2D eigenvalue weighted by Crippen LogP contribution is -2.40. The van der Waals surface area contributed by atoms with Crippen LogP contribution in [0, 0.1) is 12.3 Å². The predicted octanol–water partition coefficient (Wildman–Crippen LogP) is 1.08. The van der Waals surface area contributed by atoms with Crippen LogP contribution in [0.15, 0.2) is 0 Å². The topological polar surface area (TPSA) is 15.3 Å². The van der Waals surface area contributed by atoms with Crippen LogP contribution < -0.4 is 5.32 Å². The summed E-state index contributed by atoms with van der Waals surface area (Å²) in [6.45, 7) is 4.40. The lowest BCUT2D eigenvalue weighted by Gasteiger charge is -2.25. The zero-order valence-electron chi connectivity index (χ0n) is 8.71. The fourth-order valence-electron chi connectivity index (χ4n) is 1.94. The summed E-state index contributed by atoms with van der Waals surface area (Å²) in [6.07, 6.45) is 9.10. The van der Waals surface area contributed by atoms with E-state index in [0.29, 0.717) is 12.1 Å². The third-order valence-electron chi connectivity index (χ3n) is 2.78. The first-order valence-electron chi connectivity index (χ1n) is 5.17. The van der Waals surface area contributed by atoms with Gasteiger partial charge in [-0.3, -0.25) is 4.90 Å². The van der Waals surface area contributed by atoms with Gasteiger partial charge in [-0.05, 0) is 32.9 Å². The van der Waals surface area contributed by atoms with Crippen molar-refractivity contribution < 1.29 is 0 Å². The Morgan fingerprint density at radius 2 is 2.46 bits per heavy atom. The molecule has 13 heavy (non-hydrogen) atoms. The van der Waals surface area contributed by atoms with Crippen LogP contribution in [0.1, 0.15) is 26.2 Å². The van der Waals surface area contributed by atoms with Crippen molar-refractivity contribution in [2.45, 2.75) is 38.3 Å². The van der Waals surface area contributed by atoms with Crippen molar-refractivity contribution in [3.63, 3.8) is 0 Å². The SMILES string of the molecule is C#CC(CC)N(C)CC1CCCN1. The van der Waals surface area contributed by atoms with E-state index in [4.69, 9.17) is 6.42 Å². The maximum atomic E-state index is 5.45. The van der Waals surface area contributed by atoms with Gasteiger partial charge in [0.2, 0.25) is 0 Å². The largest absolute Gasteiger partial charge is 0.313 e. The van der Waals surface area contributed by atoms with E-state index in [1.54, 1.807) is 0 Å². The fourth-order valence-corrected chi connectivity index (χ4v) is 1.94. The lowest BCUT2D eigenvalue weighted by atomic mass is 10.1. The van der Waals surface area contributed by atoms with E-state index in [2.05, 4.69) is 30.1 Å². The molecule has 0 aromatic rings. The number of nitrogens with one attached hydrogen (secondary N) is 1. The van der Waals surface area contributed by atoms with Crippen LogP contribution in [0.5, 0.6) is 0 Å². The van der Waals surface area contributed by atoms with Gasteiger partial charge in [0.1, 0.15) is 0 Å². The summed E-state index contributed by atoms with van der Waals surface area (Å²) >= 11 is 0. The molecule has 1 saturated heterocycles. The first kappa shape index (κ1) is 10.6. The van der Waals surface area contributed by atoms with Crippen molar-refractivity contribution in [1.82, 2.24) is 10.2 Å². The molecule has 0 saturated carbocycles. The van der Waals surface area contributed by atoms with Gasteiger partial charge in [0.15, 0.2) is 0 Å². The van der Waals surface area contributed by atoms with Crippen LogP contribution in [0.2, 0.25) is 0 Å². The Hall–Kier alpha value is -0.520. The first-order chi connectivity index (χ1) is 6.27. The number of rotatable bonds is 4. The van der Waals surface area contributed by atoms with E-state index >= 15 is 0 Å². The van der Waals surface area contributed by atoms with Crippen molar-refractivity contribution in [1.29, 1.82) is 0 Å². The van der Waals surface area contributed by atoms with Crippen molar-refractivity contribution >= 4 is 0 Å². The highest BCUT2D eigenvalue weighted by atomic mass is 15.2. The van der Waals surface area contributed by atoms with Crippen LogP contribution in [0.4, 0.5) is 0 Å². The summed E-state index contributed by atoms with van der Waals surface area (Å²) in [5, 5.41) is 3.48. The first-order valence-corrected chi connectivity index (χ1v) is 5.17. The average Bonchev–Trinajstić information content (AvgIpc) is 2.59. The van der Waals surface area contributed by atoms with Crippen LogP contribution in [-0.2, 0) is 0 Å². The normalized spacial score (nSPS) is 24.6. The van der Waals surface area contributed by atoms with Gasteiger partial charge in [-0.15, -0.1) is 6.42 Å². The Balaban J connectivity index is 2.30. The molecule has 2 unspecified atom stereocenters. The molecule has 0 bridgehead atoms. The molecule has 1 aliphatic heterocycles. The Bertz CT molecular complexity index is 177. The number of terminal acetylenes is 1. The Morgan fingerprint density at radius 3 is 2.92 bits per heavy atom. The van der Waals surface area contributed by atoms with Crippen molar-refractivity contribution in [3.8, 4) is 12.3 Å². The summed E-state index contributed by atoms with van der Waals surface area (Å²) in [5.41, 5.74) is 0. The van der Waals surface area contributed by atoms with E-state index in [1.807, 2.05) is 0 Å². The van der Waals surface area contributed by atoms with Gasteiger partial charge in [0.05, 0.1) is 6.04 Å². The van der Waals surface area contributed by atoms with E-state index in [1.165, 1.54) is 19.4 Å². The van der Waals surface area contributed by atoms with Gasteiger partial charge in [0, 0.05) is 12.6 Å². The van der Waals surface area contributed by atoms with Crippen molar-refractivity contribution in [3.05, 3.63) is 0 Å². The second-order valence-electron chi connectivity index (χ2n) is 3.82. The maximum Gasteiger partial charge on any atom is 0.0707 e. The summed E-state index contributed by atoms with van der Waals surface area (Å²) in [6, 6.07) is 0.967. The molecule has 0 radical (unpaired) electrons. The summed E-state index contributed by atoms with van der Waals surface area (Å²) in [5.74, 6) is 2.82. The summed E-state index contributed by atoms with van der Waals surface area (Å²) < 4.78 is 0. The standard InChI is InChI=1S/C11H20N2/c1-4-11(5-2)13(3)9-10-7-6-8-12-10/h1,10-12H,5-9H2,2-3H3. The molecular weight excluding hydrogens is 160 g/mol. The minimum Gasteiger partial charge on any atom is -0.313 e. The quantitative estimate of drug-likeness (QED) is 0.651. The second kappa shape index (κ2) is 5.26. The van der Waals surface area contributed by atoms with E-state index in [0.717, 1.165) is 13.0 Å². The van der Waals surface area contributed by atoms with Crippen molar-refractivity contribution in [2.24, 2.45) is 0 Å². The molecule has 1 rings (SSSR count). The van der Waals surface area contributed by atoms with E-state index in [-0.39, 0.29) is 0 Å². The van der Waals surface area contributed by atoms with E-state index < -0.39 is 0 Å². The number of hydrogen-bond acceptors (Lipinski definition) is 2. The number of likely N-dealkylation sites (N-methyl/N-ethyl adjacent to an activating group) is 1. The molecule has 0 amide bonds. The molecule has 1 aliphatic rings. The molecule has 2 nitrogen and oxygen atoms in total. The number of hydrogen-bond donors (Lipinski definition) is 1. The molecule has 0 aliphatic carbocycles. The van der Waals surface area contributed by atoms with Gasteiger partial charge < -0.3 is 5.32 Å². The molecule has 2 heteroatoms. The third-order valence-corrected chi connectivity index (χ3v) is 2.78. The number of nitrogens with zero attached hydrogens (tertiary/aromatic N) is 1. The third kappa shape index (κ3) is 3.02. The van der Waals surface area contributed by atoms with Gasteiger partial charge in [0.25, 0.3) is 0 Å². The lowest BCUT2D eigenvalue weighted by molar-refractivity contribution is 0.258. The highest BCUT2D eigenvalue weighted by molar-refractivity contribution is 4.99. The maximum absolute atomic E-state index is 5.45. The van der Waals surface area contributed by atoms with Crippen LogP contribution in [0.25, 0.3) is 0 Å². The summed E-state index contributed by atoms with van der Waals surface area (Å²) in [4.78, 5) is 2.28. The second-order valence-corrected chi connectivity index (χ2v) is 3.82. The fraction of sp³-hybridized carbons (Fsp3) is 0.818. The smallest absolute Gasteiger partial charge is 0.0707 e. The molecule has 1 N–H and O–H groups in total. The molecular formula is C11H20N2. The average molecular weight is 180 g/mol. The molecule has 2 atom stereocenters. The highest BCUT2D eigenvalue weighted by Gasteiger charge is 2.18. The van der Waals surface area contributed by atoms with E-state index in [9.17, 15) is 0 Å². The van der Waals surface area contributed by atoms with Crippen LogP contribution >= 0.6 is 0 Å². The molecule has 0 spiro atoms. The van der Waals surface area contributed by atoms with Crippen LogP contribution in [-0.4, -0.2) is 37.1 Å². The zero-order valence-corrected chi connectivity index (χ0v) is 8.71. The molecule has 74 valence electrons. The molecule has 1 fully saturated rings. The summed E-state index contributed by atoms with van der Waals surface area (Å²) in [7, 11) is 2.12. The van der Waals surface area contributed by atoms with Gasteiger partial charge in [-0.2, -0.15) is 0 Å². The highest BCUT2D eigenvalue weighted by Crippen LogP contribution is 2.08. The minimum absolute atomic E-state index is 0.308. The van der Waals surface area contributed by atoms with Crippen molar-refractivity contribution in [2.75, 3.05) is 20.1 Å². The zero-order chi connectivity index (χ0) is 9.68. The Morgan fingerprint density at radius 1 is 1.69 bits per heavy atom. The van der Waals surface area contributed by atoms with Gasteiger partial charge >= 0.3 is 0 Å². The monoisotopic (exact) mass is 180 g/mol. The van der Waals surface area contributed by atoms with Gasteiger partial charge in [-0.25, -0.2) is 0 Å².